The molecule has 0 saturated heterocycles. The molecule has 3 nitrogen and oxygen atoms in total. The zero-order valence-electron chi connectivity index (χ0n) is 11.1. The van der Waals surface area contributed by atoms with E-state index in [2.05, 4.69) is 49.4 Å². The predicted molar refractivity (Wildman–Crippen MR) is 75.2 cm³/mol. The molecule has 0 aliphatic rings. The fourth-order valence-electron chi connectivity index (χ4n) is 2.05. The number of aryl methyl sites for hydroxylation is 1. The number of nitrogens with zero attached hydrogens (tertiary/aromatic N) is 2. The summed E-state index contributed by atoms with van der Waals surface area (Å²) in [6.07, 6.45) is 6.08. The molecule has 0 amide bonds. The van der Waals surface area contributed by atoms with Crippen molar-refractivity contribution in [2.75, 3.05) is 0 Å². The Hall–Kier alpha value is -1.61. The average molecular weight is 243 g/mol. The normalized spacial score (nSPS) is 12.6. The van der Waals surface area contributed by atoms with Crippen LogP contribution in [-0.2, 0) is 6.54 Å². The lowest BCUT2D eigenvalue weighted by atomic mass is 10.0. The molecule has 3 heteroatoms. The van der Waals surface area contributed by atoms with Crippen LogP contribution in [0.2, 0.25) is 0 Å². The number of rotatable bonds is 5. The van der Waals surface area contributed by atoms with E-state index in [4.69, 9.17) is 5.73 Å². The zero-order chi connectivity index (χ0) is 13.0. The third kappa shape index (κ3) is 2.79. The van der Waals surface area contributed by atoms with Crippen molar-refractivity contribution in [3.05, 3.63) is 42.2 Å². The molecule has 0 saturated carbocycles. The van der Waals surface area contributed by atoms with E-state index in [0.717, 1.165) is 24.9 Å². The van der Waals surface area contributed by atoms with Crippen LogP contribution in [0.5, 0.6) is 0 Å². The van der Waals surface area contributed by atoms with E-state index in [1.54, 1.807) is 0 Å². The number of aromatic nitrogens is 2. The maximum atomic E-state index is 6.07. The highest BCUT2D eigenvalue weighted by molar-refractivity contribution is 5.62. The molecule has 18 heavy (non-hydrogen) atoms. The lowest BCUT2D eigenvalue weighted by molar-refractivity contribution is 0.603. The van der Waals surface area contributed by atoms with E-state index >= 15 is 0 Å². The molecular formula is C15H21N3. The third-order valence-corrected chi connectivity index (χ3v) is 3.17. The Labute approximate surface area is 109 Å². The molecule has 2 aromatic rings. The summed E-state index contributed by atoms with van der Waals surface area (Å²) in [5.74, 6) is 0. The van der Waals surface area contributed by atoms with Crippen LogP contribution in [0.25, 0.3) is 11.1 Å². The molecule has 0 aliphatic heterocycles. The second kappa shape index (κ2) is 5.83. The molecule has 0 bridgehead atoms. The first-order valence-corrected chi connectivity index (χ1v) is 6.63. The largest absolute Gasteiger partial charge is 0.324 e. The van der Waals surface area contributed by atoms with Crippen molar-refractivity contribution in [2.45, 2.75) is 39.3 Å². The summed E-state index contributed by atoms with van der Waals surface area (Å²) in [6.45, 7) is 5.23. The molecular weight excluding hydrogens is 222 g/mol. The molecule has 0 aliphatic carbocycles. The topological polar surface area (TPSA) is 43.8 Å². The fourth-order valence-corrected chi connectivity index (χ4v) is 2.05. The summed E-state index contributed by atoms with van der Waals surface area (Å²) in [7, 11) is 0. The van der Waals surface area contributed by atoms with Crippen LogP contribution in [0.15, 0.2) is 36.7 Å². The van der Waals surface area contributed by atoms with Crippen molar-refractivity contribution in [1.82, 2.24) is 9.78 Å². The molecule has 0 fully saturated rings. The van der Waals surface area contributed by atoms with Gasteiger partial charge in [0, 0.05) is 24.3 Å². The number of hydrogen-bond acceptors (Lipinski definition) is 2. The first-order valence-electron chi connectivity index (χ1n) is 6.63. The summed E-state index contributed by atoms with van der Waals surface area (Å²) in [5.41, 5.74) is 9.62. The summed E-state index contributed by atoms with van der Waals surface area (Å²) >= 11 is 0. The molecule has 2 N–H and O–H groups in total. The van der Waals surface area contributed by atoms with Gasteiger partial charge in [-0.3, -0.25) is 4.68 Å². The zero-order valence-corrected chi connectivity index (χ0v) is 11.1. The van der Waals surface area contributed by atoms with Gasteiger partial charge in [-0.2, -0.15) is 5.10 Å². The van der Waals surface area contributed by atoms with Gasteiger partial charge in [0.2, 0.25) is 0 Å². The van der Waals surface area contributed by atoms with Gasteiger partial charge < -0.3 is 5.73 Å². The van der Waals surface area contributed by atoms with Gasteiger partial charge in [-0.1, -0.05) is 32.0 Å². The Morgan fingerprint density at radius 1 is 1.28 bits per heavy atom. The quantitative estimate of drug-likeness (QED) is 0.875. The van der Waals surface area contributed by atoms with E-state index in [0.29, 0.717) is 0 Å². The summed E-state index contributed by atoms with van der Waals surface area (Å²) in [4.78, 5) is 0. The molecule has 2 rings (SSSR count). The van der Waals surface area contributed by atoms with Crippen molar-refractivity contribution < 1.29 is 0 Å². The van der Waals surface area contributed by atoms with E-state index in [1.807, 2.05) is 10.9 Å². The second-order valence-electron chi connectivity index (χ2n) is 4.63. The Morgan fingerprint density at radius 2 is 2.11 bits per heavy atom. The van der Waals surface area contributed by atoms with Gasteiger partial charge in [-0.15, -0.1) is 0 Å². The summed E-state index contributed by atoms with van der Waals surface area (Å²) < 4.78 is 1.99. The third-order valence-electron chi connectivity index (χ3n) is 3.17. The lowest BCUT2D eigenvalue weighted by Crippen LogP contribution is -2.08. The van der Waals surface area contributed by atoms with Crippen molar-refractivity contribution >= 4 is 0 Å². The Morgan fingerprint density at radius 3 is 2.83 bits per heavy atom. The first-order chi connectivity index (χ1) is 8.74. The minimum Gasteiger partial charge on any atom is -0.324 e. The Balaban J connectivity index is 2.26. The number of benzene rings is 1. The molecule has 1 atom stereocenters. The highest BCUT2D eigenvalue weighted by Crippen LogP contribution is 2.23. The predicted octanol–water partition coefficient (Wildman–Crippen LogP) is 3.37. The van der Waals surface area contributed by atoms with E-state index in [1.165, 1.54) is 11.1 Å². The number of nitrogens with two attached hydrogens (primary N) is 1. The van der Waals surface area contributed by atoms with Crippen LogP contribution in [0.3, 0.4) is 0 Å². The van der Waals surface area contributed by atoms with Gasteiger partial charge >= 0.3 is 0 Å². The van der Waals surface area contributed by atoms with Crippen molar-refractivity contribution in [3.8, 4) is 11.1 Å². The van der Waals surface area contributed by atoms with Crippen LogP contribution < -0.4 is 5.73 Å². The summed E-state index contributed by atoms with van der Waals surface area (Å²) in [5, 5.41) is 4.36. The molecule has 1 aromatic heterocycles. The van der Waals surface area contributed by atoms with Gasteiger partial charge in [-0.05, 0) is 30.0 Å². The average Bonchev–Trinajstić information content (AvgIpc) is 2.87. The van der Waals surface area contributed by atoms with E-state index in [-0.39, 0.29) is 6.04 Å². The van der Waals surface area contributed by atoms with Gasteiger partial charge in [0.15, 0.2) is 0 Å². The highest BCUT2D eigenvalue weighted by atomic mass is 15.3. The number of hydrogen-bond donors (Lipinski definition) is 1. The SMILES string of the molecule is CCCn1cc(-c2cccc(C(N)CC)c2)cn1. The lowest BCUT2D eigenvalue weighted by Gasteiger charge is -2.10. The van der Waals surface area contributed by atoms with Crippen LogP contribution in [0.4, 0.5) is 0 Å². The van der Waals surface area contributed by atoms with Crippen LogP contribution in [0, 0.1) is 0 Å². The van der Waals surface area contributed by atoms with Crippen LogP contribution in [-0.4, -0.2) is 9.78 Å². The van der Waals surface area contributed by atoms with Gasteiger partial charge in [0.1, 0.15) is 0 Å². The van der Waals surface area contributed by atoms with Crippen molar-refractivity contribution in [2.24, 2.45) is 5.73 Å². The minimum atomic E-state index is 0.121. The van der Waals surface area contributed by atoms with Crippen LogP contribution >= 0.6 is 0 Å². The monoisotopic (exact) mass is 243 g/mol. The van der Waals surface area contributed by atoms with Crippen molar-refractivity contribution in [3.63, 3.8) is 0 Å². The van der Waals surface area contributed by atoms with Gasteiger partial charge in [-0.25, -0.2) is 0 Å². The van der Waals surface area contributed by atoms with E-state index in [9.17, 15) is 0 Å². The van der Waals surface area contributed by atoms with Gasteiger partial charge in [0.05, 0.1) is 6.20 Å². The molecule has 1 unspecified atom stereocenters. The molecule has 1 aromatic carbocycles. The summed E-state index contributed by atoms with van der Waals surface area (Å²) in [6, 6.07) is 8.56. The van der Waals surface area contributed by atoms with Gasteiger partial charge in [0.25, 0.3) is 0 Å². The molecule has 0 spiro atoms. The minimum absolute atomic E-state index is 0.121. The molecule has 0 radical (unpaired) electrons. The Bertz CT molecular complexity index is 502. The smallest absolute Gasteiger partial charge is 0.0568 e. The first kappa shape index (κ1) is 12.8. The van der Waals surface area contributed by atoms with Crippen molar-refractivity contribution in [1.29, 1.82) is 0 Å². The Kier molecular flexibility index (Phi) is 4.15. The second-order valence-corrected chi connectivity index (χ2v) is 4.63. The maximum Gasteiger partial charge on any atom is 0.0568 e. The highest BCUT2D eigenvalue weighted by Gasteiger charge is 2.06. The van der Waals surface area contributed by atoms with Crippen LogP contribution in [0.1, 0.15) is 38.3 Å². The fraction of sp³-hybridized carbons (Fsp3) is 0.400. The molecule has 1 heterocycles. The van der Waals surface area contributed by atoms with E-state index < -0.39 is 0 Å². The molecule has 96 valence electrons. The maximum absolute atomic E-state index is 6.07. The standard InChI is InChI=1S/C15H21N3/c1-3-8-18-11-14(10-17-18)12-6-5-7-13(9-12)15(16)4-2/h5-7,9-11,15H,3-4,8,16H2,1-2H3.